The summed E-state index contributed by atoms with van der Waals surface area (Å²) in [6, 6.07) is 0. The third kappa shape index (κ3) is 9.62. The fraction of sp³-hybridized carbons (Fsp3) is 0.895. The molecule has 0 aliphatic carbocycles. The summed E-state index contributed by atoms with van der Waals surface area (Å²) in [6.07, 6.45) is 3.76. The SMILES string of the molecule is CCC(C)C(=O)NCCC(C)CC(C)(C)CNC(=O)C(C)CC. The van der Waals surface area contributed by atoms with Gasteiger partial charge in [-0.25, -0.2) is 0 Å². The number of nitrogens with one attached hydrogen (secondary N) is 2. The minimum absolute atomic E-state index is 0.0727. The molecule has 136 valence electrons. The van der Waals surface area contributed by atoms with Crippen molar-refractivity contribution in [2.24, 2.45) is 23.2 Å². The first-order valence-corrected chi connectivity index (χ1v) is 9.18. The van der Waals surface area contributed by atoms with Gasteiger partial charge in [-0.1, -0.05) is 48.5 Å². The number of hydrogen-bond acceptors (Lipinski definition) is 2. The number of carbonyl (C=O) groups excluding carboxylic acids is 2. The molecule has 0 aromatic heterocycles. The van der Waals surface area contributed by atoms with E-state index in [0.29, 0.717) is 12.5 Å². The third-order valence-electron chi connectivity index (χ3n) is 4.70. The summed E-state index contributed by atoms with van der Waals surface area (Å²) in [7, 11) is 0. The standard InChI is InChI=1S/C19H38N2O2/c1-8-15(4)17(22)20-11-10-14(3)12-19(6,7)13-21-18(23)16(5)9-2/h14-16H,8-13H2,1-7H3,(H,20,22)(H,21,23). The van der Waals surface area contributed by atoms with Crippen molar-refractivity contribution in [2.45, 2.75) is 74.1 Å². The second-order valence-corrected chi connectivity index (χ2v) is 7.89. The Hall–Kier alpha value is -1.06. The van der Waals surface area contributed by atoms with Crippen LogP contribution in [0, 0.1) is 23.2 Å². The van der Waals surface area contributed by atoms with Crippen LogP contribution in [0.15, 0.2) is 0 Å². The summed E-state index contributed by atoms with van der Waals surface area (Å²) < 4.78 is 0. The summed E-state index contributed by atoms with van der Waals surface area (Å²) in [5, 5.41) is 6.08. The molecule has 23 heavy (non-hydrogen) atoms. The largest absolute Gasteiger partial charge is 0.356 e. The lowest BCUT2D eigenvalue weighted by molar-refractivity contribution is -0.125. The zero-order valence-corrected chi connectivity index (χ0v) is 16.3. The normalized spacial score (nSPS) is 15.6. The van der Waals surface area contributed by atoms with Crippen LogP contribution in [0.1, 0.15) is 74.1 Å². The van der Waals surface area contributed by atoms with Gasteiger partial charge in [-0.2, -0.15) is 0 Å². The van der Waals surface area contributed by atoms with E-state index < -0.39 is 0 Å². The number of rotatable bonds is 11. The van der Waals surface area contributed by atoms with Gasteiger partial charge < -0.3 is 10.6 Å². The van der Waals surface area contributed by atoms with Crippen molar-refractivity contribution in [1.82, 2.24) is 10.6 Å². The van der Waals surface area contributed by atoms with Crippen molar-refractivity contribution in [3.8, 4) is 0 Å². The lowest BCUT2D eigenvalue weighted by atomic mass is 9.82. The second-order valence-electron chi connectivity index (χ2n) is 7.89. The predicted molar refractivity (Wildman–Crippen MR) is 97.1 cm³/mol. The summed E-state index contributed by atoms with van der Waals surface area (Å²) in [5.41, 5.74) is 0.0727. The van der Waals surface area contributed by atoms with E-state index in [0.717, 1.165) is 32.2 Å². The Kier molecular flexibility index (Phi) is 10.2. The molecule has 0 rings (SSSR count). The van der Waals surface area contributed by atoms with Crippen LogP contribution in [0.5, 0.6) is 0 Å². The van der Waals surface area contributed by atoms with Gasteiger partial charge in [0.05, 0.1) is 0 Å². The highest BCUT2D eigenvalue weighted by atomic mass is 16.2. The summed E-state index contributed by atoms with van der Waals surface area (Å²) in [5.74, 6) is 0.994. The van der Waals surface area contributed by atoms with Gasteiger partial charge in [-0.15, -0.1) is 0 Å². The molecule has 0 heterocycles. The monoisotopic (exact) mass is 326 g/mol. The highest BCUT2D eigenvalue weighted by Gasteiger charge is 2.23. The first kappa shape index (κ1) is 21.9. The highest BCUT2D eigenvalue weighted by Crippen LogP contribution is 2.26. The van der Waals surface area contributed by atoms with Crippen LogP contribution in [0.4, 0.5) is 0 Å². The smallest absolute Gasteiger partial charge is 0.222 e. The maximum atomic E-state index is 11.9. The van der Waals surface area contributed by atoms with E-state index in [4.69, 9.17) is 0 Å². The molecular formula is C19H38N2O2. The maximum Gasteiger partial charge on any atom is 0.222 e. The van der Waals surface area contributed by atoms with Gasteiger partial charge >= 0.3 is 0 Å². The Bertz CT molecular complexity index is 366. The topological polar surface area (TPSA) is 58.2 Å². The average molecular weight is 327 g/mol. The van der Waals surface area contributed by atoms with Crippen LogP contribution in [0.2, 0.25) is 0 Å². The molecule has 0 fully saturated rings. The van der Waals surface area contributed by atoms with E-state index in [1.54, 1.807) is 0 Å². The summed E-state index contributed by atoms with van der Waals surface area (Å²) >= 11 is 0. The molecule has 0 aliphatic rings. The molecule has 3 unspecified atom stereocenters. The first-order valence-electron chi connectivity index (χ1n) is 9.18. The molecule has 4 nitrogen and oxygen atoms in total. The Morgan fingerprint density at radius 2 is 1.39 bits per heavy atom. The van der Waals surface area contributed by atoms with E-state index in [1.807, 2.05) is 27.7 Å². The highest BCUT2D eigenvalue weighted by molar-refractivity contribution is 5.78. The van der Waals surface area contributed by atoms with Crippen molar-refractivity contribution in [2.75, 3.05) is 13.1 Å². The van der Waals surface area contributed by atoms with Crippen molar-refractivity contribution in [3.63, 3.8) is 0 Å². The molecule has 4 heteroatoms. The molecule has 0 spiro atoms. The third-order valence-corrected chi connectivity index (χ3v) is 4.70. The van der Waals surface area contributed by atoms with Crippen LogP contribution in [0.3, 0.4) is 0 Å². The Morgan fingerprint density at radius 3 is 1.87 bits per heavy atom. The summed E-state index contributed by atoms with van der Waals surface area (Å²) in [6.45, 7) is 16.0. The van der Waals surface area contributed by atoms with Gasteiger partial charge in [0.2, 0.25) is 11.8 Å². The van der Waals surface area contributed by atoms with E-state index >= 15 is 0 Å². The molecule has 2 N–H and O–H groups in total. The molecule has 0 radical (unpaired) electrons. The minimum atomic E-state index is 0.0727. The molecule has 0 aromatic carbocycles. The van der Waals surface area contributed by atoms with Gasteiger partial charge in [-0.05, 0) is 37.0 Å². The quantitative estimate of drug-likeness (QED) is 0.607. The zero-order chi connectivity index (χ0) is 18.0. The Labute approximate surface area is 143 Å². The molecule has 0 bridgehead atoms. The fourth-order valence-corrected chi connectivity index (χ4v) is 2.60. The molecule has 0 saturated carbocycles. The Balaban J connectivity index is 4.09. The number of hydrogen-bond donors (Lipinski definition) is 2. The van der Waals surface area contributed by atoms with Crippen LogP contribution in [-0.2, 0) is 9.59 Å². The molecular weight excluding hydrogens is 288 g/mol. The minimum Gasteiger partial charge on any atom is -0.356 e. The predicted octanol–water partition coefficient (Wildman–Crippen LogP) is 3.75. The van der Waals surface area contributed by atoms with E-state index in [2.05, 4.69) is 31.4 Å². The number of carbonyl (C=O) groups is 2. The van der Waals surface area contributed by atoms with Crippen molar-refractivity contribution >= 4 is 11.8 Å². The van der Waals surface area contributed by atoms with Gasteiger partial charge in [-0.3, -0.25) is 9.59 Å². The van der Waals surface area contributed by atoms with Crippen LogP contribution < -0.4 is 10.6 Å². The first-order chi connectivity index (χ1) is 10.6. The molecule has 0 saturated heterocycles. The van der Waals surface area contributed by atoms with Crippen molar-refractivity contribution < 1.29 is 9.59 Å². The van der Waals surface area contributed by atoms with Crippen LogP contribution in [0.25, 0.3) is 0 Å². The average Bonchev–Trinajstić information content (AvgIpc) is 2.50. The van der Waals surface area contributed by atoms with Gasteiger partial charge in [0, 0.05) is 24.9 Å². The van der Waals surface area contributed by atoms with E-state index in [-0.39, 0.29) is 29.1 Å². The van der Waals surface area contributed by atoms with Crippen LogP contribution >= 0.6 is 0 Å². The Morgan fingerprint density at radius 1 is 0.913 bits per heavy atom. The van der Waals surface area contributed by atoms with Crippen LogP contribution in [-0.4, -0.2) is 24.9 Å². The van der Waals surface area contributed by atoms with E-state index in [9.17, 15) is 9.59 Å². The molecule has 0 aliphatic heterocycles. The number of amides is 2. The lowest BCUT2D eigenvalue weighted by Gasteiger charge is -2.29. The van der Waals surface area contributed by atoms with E-state index in [1.165, 1.54) is 0 Å². The van der Waals surface area contributed by atoms with Gasteiger partial charge in [0.25, 0.3) is 0 Å². The fourth-order valence-electron chi connectivity index (χ4n) is 2.60. The van der Waals surface area contributed by atoms with Gasteiger partial charge in [0.1, 0.15) is 0 Å². The molecule has 3 atom stereocenters. The second kappa shape index (κ2) is 10.7. The van der Waals surface area contributed by atoms with Crippen molar-refractivity contribution in [3.05, 3.63) is 0 Å². The maximum absolute atomic E-state index is 11.9. The molecule has 0 aromatic rings. The zero-order valence-electron chi connectivity index (χ0n) is 16.3. The lowest BCUT2D eigenvalue weighted by Crippen LogP contribution is -2.38. The van der Waals surface area contributed by atoms with Crippen molar-refractivity contribution in [1.29, 1.82) is 0 Å². The molecule has 2 amide bonds. The van der Waals surface area contributed by atoms with Gasteiger partial charge in [0.15, 0.2) is 0 Å². The summed E-state index contributed by atoms with van der Waals surface area (Å²) in [4.78, 5) is 23.6.